The fourth-order valence-corrected chi connectivity index (χ4v) is 2.71. The van der Waals surface area contributed by atoms with Gasteiger partial charge in [0.15, 0.2) is 0 Å². The van der Waals surface area contributed by atoms with Crippen molar-refractivity contribution in [1.82, 2.24) is 25.7 Å². The van der Waals surface area contributed by atoms with Gasteiger partial charge in [-0.3, -0.25) is 14.3 Å². The van der Waals surface area contributed by atoms with Gasteiger partial charge < -0.3 is 16.0 Å². The molecule has 0 bridgehead atoms. The van der Waals surface area contributed by atoms with Gasteiger partial charge in [-0.1, -0.05) is 0 Å². The fraction of sp³-hybridized carbons (Fsp3) is 0.667. The van der Waals surface area contributed by atoms with Crippen molar-refractivity contribution in [3.05, 3.63) is 18.5 Å². The van der Waals surface area contributed by atoms with Crippen molar-refractivity contribution in [2.75, 3.05) is 19.6 Å². The topological polar surface area (TPSA) is 88.1 Å². The van der Waals surface area contributed by atoms with Gasteiger partial charge in [0.2, 0.25) is 11.8 Å². The number of aromatic nitrogens is 2. The van der Waals surface area contributed by atoms with Crippen LogP contribution in [0.3, 0.4) is 0 Å². The Labute approximate surface area is 143 Å². The molecule has 0 radical (unpaired) electrons. The van der Waals surface area contributed by atoms with Crippen molar-refractivity contribution < 1.29 is 9.59 Å². The zero-order valence-corrected chi connectivity index (χ0v) is 14.7. The van der Waals surface area contributed by atoms with Crippen LogP contribution < -0.4 is 16.0 Å². The molecule has 1 fully saturated rings. The second kappa shape index (κ2) is 7.79. The van der Waals surface area contributed by atoms with Gasteiger partial charge in [-0.25, -0.2) is 0 Å². The molecule has 0 spiro atoms. The highest BCUT2D eigenvalue weighted by Crippen LogP contribution is 2.26. The van der Waals surface area contributed by atoms with E-state index >= 15 is 0 Å². The van der Waals surface area contributed by atoms with Crippen LogP contribution in [0.5, 0.6) is 0 Å². The molecule has 7 nitrogen and oxygen atoms in total. The van der Waals surface area contributed by atoms with E-state index in [9.17, 15) is 9.59 Å². The van der Waals surface area contributed by atoms with E-state index in [1.165, 1.54) is 0 Å². The maximum absolute atomic E-state index is 12.7. The van der Waals surface area contributed by atoms with E-state index < -0.39 is 5.54 Å². The van der Waals surface area contributed by atoms with Crippen LogP contribution >= 0.6 is 12.4 Å². The van der Waals surface area contributed by atoms with Crippen molar-refractivity contribution in [1.29, 1.82) is 0 Å². The van der Waals surface area contributed by atoms with Crippen LogP contribution in [0.15, 0.2) is 18.5 Å². The average Bonchev–Trinajstić information content (AvgIpc) is 2.98. The second-order valence-electron chi connectivity index (χ2n) is 6.71. The van der Waals surface area contributed by atoms with E-state index in [2.05, 4.69) is 21.0 Å². The first-order valence-corrected chi connectivity index (χ1v) is 7.64. The first-order chi connectivity index (χ1) is 10.3. The highest BCUT2D eigenvalue weighted by molar-refractivity contribution is 5.89. The summed E-state index contributed by atoms with van der Waals surface area (Å²) in [5, 5.41) is 13.1. The summed E-state index contributed by atoms with van der Waals surface area (Å²) < 4.78 is 1.71. The van der Waals surface area contributed by atoms with Crippen LogP contribution in [0, 0.1) is 0 Å². The molecule has 1 aromatic rings. The zero-order valence-electron chi connectivity index (χ0n) is 13.9. The maximum Gasteiger partial charge on any atom is 0.248 e. The maximum atomic E-state index is 12.7. The standard InChI is InChI=1S/C15H25N5O2.ClH/c1-14(2,3)19-12(21)11-17-13(22)15(5-8-16-9-6-15)20-10-4-7-18-20;/h4,7,10,16H,5-6,8-9,11H2,1-3H3,(H,17,22)(H,19,21);1H. The van der Waals surface area contributed by atoms with E-state index in [1.54, 1.807) is 17.1 Å². The molecular formula is C15H26ClN5O2. The second-order valence-corrected chi connectivity index (χ2v) is 6.71. The van der Waals surface area contributed by atoms with Crippen LogP contribution in [0.2, 0.25) is 0 Å². The van der Waals surface area contributed by atoms with Crippen molar-refractivity contribution >= 4 is 24.2 Å². The van der Waals surface area contributed by atoms with Gasteiger partial charge in [-0.15, -0.1) is 12.4 Å². The minimum absolute atomic E-state index is 0. The number of carbonyl (C=O) groups excluding carboxylic acids is 2. The van der Waals surface area contributed by atoms with Gasteiger partial charge in [-0.05, 0) is 52.8 Å². The Hall–Kier alpha value is -1.60. The van der Waals surface area contributed by atoms with Gasteiger partial charge in [0.1, 0.15) is 5.54 Å². The van der Waals surface area contributed by atoms with Crippen molar-refractivity contribution in [3.8, 4) is 0 Å². The summed E-state index contributed by atoms with van der Waals surface area (Å²) in [6.07, 6.45) is 4.78. The molecule has 1 saturated heterocycles. The number of carbonyl (C=O) groups is 2. The Kier molecular flexibility index (Phi) is 6.58. The number of nitrogens with one attached hydrogen (secondary N) is 3. The Morgan fingerprint density at radius 1 is 1.30 bits per heavy atom. The highest BCUT2D eigenvalue weighted by Gasteiger charge is 2.42. The Bertz CT molecular complexity index is 518. The molecule has 1 aliphatic heterocycles. The van der Waals surface area contributed by atoms with Crippen molar-refractivity contribution in [2.24, 2.45) is 0 Å². The summed E-state index contributed by atoms with van der Waals surface area (Å²) in [7, 11) is 0. The van der Waals surface area contributed by atoms with Gasteiger partial charge >= 0.3 is 0 Å². The zero-order chi connectivity index (χ0) is 16.2. The molecular weight excluding hydrogens is 318 g/mol. The van der Waals surface area contributed by atoms with Crippen LogP contribution in [0.25, 0.3) is 0 Å². The molecule has 1 aromatic heterocycles. The lowest BCUT2D eigenvalue weighted by molar-refractivity contribution is -0.134. The number of rotatable bonds is 4. The summed E-state index contributed by atoms with van der Waals surface area (Å²) in [4.78, 5) is 24.6. The quantitative estimate of drug-likeness (QED) is 0.739. The molecule has 2 heterocycles. The molecule has 1 aliphatic rings. The monoisotopic (exact) mass is 343 g/mol. The smallest absolute Gasteiger partial charge is 0.248 e. The lowest BCUT2D eigenvalue weighted by Crippen LogP contribution is -2.56. The lowest BCUT2D eigenvalue weighted by Gasteiger charge is -2.36. The van der Waals surface area contributed by atoms with Crippen molar-refractivity contribution in [3.63, 3.8) is 0 Å². The van der Waals surface area contributed by atoms with Gasteiger partial charge in [-0.2, -0.15) is 5.10 Å². The predicted molar refractivity (Wildman–Crippen MR) is 90.5 cm³/mol. The molecule has 8 heteroatoms. The summed E-state index contributed by atoms with van der Waals surface area (Å²) in [6.45, 7) is 7.20. The first-order valence-electron chi connectivity index (χ1n) is 7.64. The molecule has 0 aliphatic carbocycles. The number of halogens is 1. The number of nitrogens with zero attached hydrogens (tertiary/aromatic N) is 2. The van der Waals surface area contributed by atoms with E-state index in [1.807, 2.05) is 26.8 Å². The van der Waals surface area contributed by atoms with Crippen LogP contribution in [-0.4, -0.2) is 46.8 Å². The van der Waals surface area contributed by atoms with Crippen molar-refractivity contribution in [2.45, 2.75) is 44.7 Å². The third-order valence-electron chi connectivity index (χ3n) is 3.72. The van der Waals surface area contributed by atoms with Crippen LogP contribution in [0.1, 0.15) is 33.6 Å². The lowest BCUT2D eigenvalue weighted by atomic mass is 9.87. The molecule has 0 aromatic carbocycles. The normalized spacial score (nSPS) is 17.0. The fourth-order valence-electron chi connectivity index (χ4n) is 2.71. The molecule has 0 atom stereocenters. The molecule has 0 saturated carbocycles. The summed E-state index contributed by atoms with van der Waals surface area (Å²) >= 11 is 0. The highest BCUT2D eigenvalue weighted by atomic mass is 35.5. The third kappa shape index (κ3) is 4.94. The Balaban J connectivity index is 0.00000264. The van der Waals surface area contributed by atoms with E-state index in [-0.39, 0.29) is 36.3 Å². The Morgan fingerprint density at radius 3 is 2.48 bits per heavy atom. The summed E-state index contributed by atoms with van der Waals surface area (Å²) in [5.41, 5.74) is -1.02. The number of amides is 2. The molecule has 3 N–H and O–H groups in total. The molecule has 2 rings (SSSR count). The Morgan fingerprint density at radius 2 is 1.96 bits per heavy atom. The van der Waals surface area contributed by atoms with Gasteiger partial charge in [0.05, 0.1) is 6.54 Å². The molecule has 2 amide bonds. The van der Waals surface area contributed by atoms with E-state index in [0.29, 0.717) is 12.8 Å². The van der Waals surface area contributed by atoms with Crippen LogP contribution in [-0.2, 0) is 15.1 Å². The number of hydrogen-bond acceptors (Lipinski definition) is 4. The van der Waals surface area contributed by atoms with Crippen LogP contribution in [0.4, 0.5) is 0 Å². The van der Waals surface area contributed by atoms with E-state index in [4.69, 9.17) is 0 Å². The molecule has 130 valence electrons. The van der Waals surface area contributed by atoms with Gasteiger partial charge in [0, 0.05) is 17.9 Å². The molecule has 0 unspecified atom stereocenters. The SMILES string of the molecule is CC(C)(C)NC(=O)CNC(=O)C1(n2cccn2)CCNCC1.Cl. The first kappa shape index (κ1) is 19.4. The minimum Gasteiger partial charge on any atom is -0.350 e. The minimum atomic E-state index is -0.712. The van der Waals surface area contributed by atoms with E-state index in [0.717, 1.165) is 13.1 Å². The average molecular weight is 344 g/mol. The number of piperidine rings is 1. The predicted octanol–water partition coefficient (Wildman–Crippen LogP) is 0.415. The largest absolute Gasteiger partial charge is 0.350 e. The molecule has 23 heavy (non-hydrogen) atoms. The third-order valence-corrected chi connectivity index (χ3v) is 3.72. The van der Waals surface area contributed by atoms with Gasteiger partial charge in [0.25, 0.3) is 0 Å². The summed E-state index contributed by atoms with van der Waals surface area (Å²) in [5.74, 6) is -0.341. The number of hydrogen-bond donors (Lipinski definition) is 3. The summed E-state index contributed by atoms with van der Waals surface area (Å²) in [6, 6.07) is 1.81.